The Morgan fingerprint density at radius 2 is 1.45 bits per heavy atom. The molecule has 4 saturated carbocycles. The van der Waals surface area contributed by atoms with Crippen LogP contribution in [-0.4, -0.2) is 28.8 Å². The molecule has 22 heavy (non-hydrogen) atoms. The molecule has 7 heteroatoms. The molecule has 0 amide bonds. The Hall–Kier alpha value is -1.27. The molecule has 4 aliphatic carbocycles. The number of carbonyl (C=O) groups excluding carboxylic acids is 1. The van der Waals surface area contributed by atoms with Crippen molar-refractivity contribution in [3.05, 3.63) is 0 Å². The monoisotopic (exact) mass is 320 g/mol. The van der Waals surface area contributed by atoms with E-state index in [1.54, 1.807) is 0 Å². The third-order valence-corrected chi connectivity index (χ3v) is 5.72. The predicted molar refractivity (Wildman–Crippen MR) is 68.8 cm³/mol. The minimum atomic E-state index is -5.14. The zero-order valence-electron chi connectivity index (χ0n) is 12.3. The maximum Gasteiger partial charge on any atom is 0.439 e. The van der Waals surface area contributed by atoms with Crippen molar-refractivity contribution in [2.75, 3.05) is 0 Å². The number of carbonyl (C=O) groups is 2. The number of carboxylic acid groups (broad SMARTS) is 1. The van der Waals surface area contributed by atoms with Crippen LogP contribution in [0, 0.1) is 23.2 Å². The molecule has 0 saturated heterocycles. The zero-order valence-corrected chi connectivity index (χ0v) is 12.3. The second-order valence-electron chi connectivity index (χ2n) is 7.42. The van der Waals surface area contributed by atoms with Gasteiger partial charge in [-0.1, -0.05) is 0 Å². The summed E-state index contributed by atoms with van der Waals surface area (Å²) in [6.45, 7) is 0.410. The molecule has 1 atom stereocenters. The van der Waals surface area contributed by atoms with Gasteiger partial charge in [-0.3, -0.25) is 4.79 Å². The molecular weight excluding hydrogens is 301 g/mol. The van der Waals surface area contributed by atoms with Gasteiger partial charge in [-0.2, -0.15) is 13.2 Å². The minimum absolute atomic E-state index is 0.362. The number of aliphatic carboxylic acids is 1. The molecule has 124 valence electrons. The average molecular weight is 320 g/mol. The molecule has 4 nitrogen and oxygen atoms in total. The molecule has 0 spiro atoms. The number of rotatable bonds is 3. The summed E-state index contributed by atoms with van der Waals surface area (Å²) >= 11 is 0. The van der Waals surface area contributed by atoms with Crippen LogP contribution in [-0.2, 0) is 14.3 Å². The second kappa shape index (κ2) is 4.61. The summed E-state index contributed by atoms with van der Waals surface area (Å²) in [5, 5.41) is 8.90. The van der Waals surface area contributed by atoms with E-state index in [1.807, 2.05) is 0 Å². The summed E-state index contributed by atoms with van der Waals surface area (Å²) in [7, 11) is 0. The number of carboxylic acids is 1. The van der Waals surface area contributed by atoms with Crippen molar-refractivity contribution in [3.63, 3.8) is 0 Å². The molecular formula is C15H19F3O4. The highest BCUT2D eigenvalue weighted by molar-refractivity contribution is 5.85. The lowest BCUT2D eigenvalue weighted by Gasteiger charge is -2.55. The zero-order chi connectivity index (χ0) is 16.3. The van der Waals surface area contributed by atoms with Gasteiger partial charge < -0.3 is 9.84 Å². The molecule has 4 bridgehead atoms. The van der Waals surface area contributed by atoms with Gasteiger partial charge in [-0.05, 0) is 63.2 Å². The standard InChI is InChI=1S/C15H19F3O4/c1-13(11(19)20,15(16,17)18)22-12(21)14-5-8-2-9(6-14)4-10(3-8)7-14/h8-10H,2-7H2,1H3,(H,19,20). The van der Waals surface area contributed by atoms with E-state index in [0.29, 0.717) is 43.9 Å². The number of hydrogen-bond donors (Lipinski definition) is 1. The number of esters is 1. The molecule has 4 aliphatic rings. The molecule has 0 heterocycles. The predicted octanol–water partition coefficient (Wildman–Crippen LogP) is 3.15. The van der Waals surface area contributed by atoms with E-state index in [0.717, 1.165) is 19.3 Å². The lowest BCUT2D eigenvalue weighted by atomic mass is 9.49. The van der Waals surface area contributed by atoms with Gasteiger partial charge in [0.05, 0.1) is 5.41 Å². The SMILES string of the molecule is CC(OC(=O)C12CC3CC(CC(C3)C1)C2)(C(=O)O)C(F)(F)F. The maximum atomic E-state index is 13.0. The summed E-state index contributed by atoms with van der Waals surface area (Å²) in [6.07, 6.45) is -0.453. The molecule has 1 N–H and O–H groups in total. The lowest BCUT2D eigenvalue weighted by molar-refractivity contribution is -0.269. The van der Waals surface area contributed by atoms with Crippen LogP contribution < -0.4 is 0 Å². The third kappa shape index (κ3) is 2.20. The van der Waals surface area contributed by atoms with Crippen LogP contribution in [0.3, 0.4) is 0 Å². The lowest BCUT2D eigenvalue weighted by Crippen LogP contribution is -2.57. The van der Waals surface area contributed by atoms with Crippen molar-refractivity contribution in [3.8, 4) is 0 Å². The first-order valence-corrected chi connectivity index (χ1v) is 7.59. The van der Waals surface area contributed by atoms with Gasteiger partial charge >= 0.3 is 18.1 Å². The number of ether oxygens (including phenoxy) is 1. The van der Waals surface area contributed by atoms with Crippen LogP contribution in [0.2, 0.25) is 0 Å². The van der Waals surface area contributed by atoms with Gasteiger partial charge in [-0.25, -0.2) is 4.79 Å². The van der Waals surface area contributed by atoms with Crippen molar-refractivity contribution in [1.29, 1.82) is 0 Å². The van der Waals surface area contributed by atoms with E-state index < -0.39 is 29.1 Å². The van der Waals surface area contributed by atoms with E-state index >= 15 is 0 Å². The van der Waals surface area contributed by atoms with Gasteiger partial charge in [-0.15, -0.1) is 0 Å². The molecule has 0 aromatic rings. The Morgan fingerprint density at radius 3 is 1.77 bits per heavy atom. The van der Waals surface area contributed by atoms with Crippen molar-refractivity contribution in [1.82, 2.24) is 0 Å². The molecule has 0 aromatic carbocycles. The third-order valence-electron chi connectivity index (χ3n) is 5.72. The van der Waals surface area contributed by atoms with E-state index in [4.69, 9.17) is 5.11 Å². The van der Waals surface area contributed by atoms with Crippen LogP contribution in [0.25, 0.3) is 0 Å². The van der Waals surface area contributed by atoms with Gasteiger partial charge in [0.15, 0.2) is 0 Å². The quantitative estimate of drug-likeness (QED) is 0.811. The first-order valence-electron chi connectivity index (χ1n) is 7.59. The van der Waals surface area contributed by atoms with E-state index in [-0.39, 0.29) is 0 Å². The summed E-state index contributed by atoms with van der Waals surface area (Å²) < 4.78 is 43.7. The fraction of sp³-hybridized carbons (Fsp3) is 0.867. The van der Waals surface area contributed by atoms with Crippen LogP contribution in [0.1, 0.15) is 45.4 Å². The maximum absolute atomic E-state index is 13.0. The molecule has 0 radical (unpaired) electrons. The summed E-state index contributed by atoms with van der Waals surface area (Å²) in [4.78, 5) is 23.5. The van der Waals surface area contributed by atoms with Crippen molar-refractivity contribution < 1.29 is 32.6 Å². The van der Waals surface area contributed by atoms with Gasteiger partial charge in [0.2, 0.25) is 0 Å². The van der Waals surface area contributed by atoms with Crippen LogP contribution in [0.5, 0.6) is 0 Å². The van der Waals surface area contributed by atoms with Crippen molar-refractivity contribution in [2.45, 2.75) is 57.2 Å². The normalized spacial score (nSPS) is 39.4. The summed E-state index contributed by atoms with van der Waals surface area (Å²) in [5.74, 6) is -2.07. The first-order chi connectivity index (χ1) is 10.1. The first kappa shape index (κ1) is 15.6. The number of halogens is 3. The number of alkyl halides is 3. The average Bonchev–Trinajstić information content (AvgIpc) is 2.35. The molecule has 1 unspecified atom stereocenters. The highest BCUT2D eigenvalue weighted by atomic mass is 19.4. The Balaban J connectivity index is 1.84. The van der Waals surface area contributed by atoms with Crippen LogP contribution in [0.15, 0.2) is 0 Å². The summed E-state index contributed by atoms with van der Waals surface area (Å²) in [5.41, 5.74) is -4.38. The topological polar surface area (TPSA) is 63.6 Å². The van der Waals surface area contributed by atoms with E-state index in [2.05, 4.69) is 4.74 Å². The van der Waals surface area contributed by atoms with Gasteiger partial charge in [0.1, 0.15) is 0 Å². The Kier molecular flexibility index (Phi) is 3.28. The molecule has 4 fully saturated rings. The number of hydrogen-bond acceptors (Lipinski definition) is 3. The largest absolute Gasteiger partial charge is 0.478 e. The second-order valence-corrected chi connectivity index (χ2v) is 7.42. The Morgan fingerprint density at radius 1 is 1.05 bits per heavy atom. The Bertz CT molecular complexity index is 478. The van der Waals surface area contributed by atoms with E-state index in [1.165, 1.54) is 0 Å². The van der Waals surface area contributed by atoms with Crippen LogP contribution in [0.4, 0.5) is 13.2 Å². The van der Waals surface area contributed by atoms with E-state index in [9.17, 15) is 22.8 Å². The molecule has 4 rings (SSSR count). The fourth-order valence-electron chi connectivity index (χ4n) is 4.88. The molecule has 0 aromatic heterocycles. The highest BCUT2D eigenvalue weighted by Gasteiger charge is 2.64. The highest BCUT2D eigenvalue weighted by Crippen LogP contribution is 2.60. The fourth-order valence-corrected chi connectivity index (χ4v) is 4.88. The minimum Gasteiger partial charge on any atom is -0.478 e. The van der Waals surface area contributed by atoms with Gasteiger partial charge in [0, 0.05) is 0 Å². The smallest absolute Gasteiger partial charge is 0.439 e. The van der Waals surface area contributed by atoms with Gasteiger partial charge in [0.25, 0.3) is 5.60 Å². The Labute approximate surface area is 126 Å². The summed E-state index contributed by atoms with van der Waals surface area (Å²) in [6, 6.07) is 0. The molecule has 0 aliphatic heterocycles. The van der Waals surface area contributed by atoms with Crippen molar-refractivity contribution >= 4 is 11.9 Å². The van der Waals surface area contributed by atoms with Crippen LogP contribution >= 0.6 is 0 Å². The van der Waals surface area contributed by atoms with Crippen molar-refractivity contribution in [2.24, 2.45) is 23.2 Å².